The number of rotatable bonds is 6. The van der Waals surface area contributed by atoms with Gasteiger partial charge in [0.15, 0.2) is 11.5 Å². The van der Waals surface area contributed by atoms with Crippen LogP contribution in [0.5, 0.6) is 0 Å². The number of pyridine rings is 2. The molecule has 0 aliphatic heterocycles. The minimum atomic E-state index is -0.668. The fraction of sp³-hybridized carbons (Fsp3) is 0.0345. The molecule has 9 heteroatoms. The van der Waals surface area contributed by atoms with Crippen molar-refractivity contribution in [1.82, 2.24) is 24.8 Å². The maximum Gasteiger partial charge on any atom is 0.252 e. The number of imidazole rings is 1. The second-order valence-electron chi connectivity index (χ2n) is 8.59. The zero-order chi connectivity index (χ0) is 26.1. The molecule has 4 heterocycles. The van der Waals surface area contributed by atoms with E-state index >= 15 is 4.39 Å². The van der Waals surface area contributed by atoms with E-state index in [1.807, 2.05) is 30.3 Å². The van der Waals surface area contributed by atoms with Gasteiger partial charge in [-0.1, -0.05) is 30.3 Å². The second kappa shape index (κ2) is 9.62. The fourth-order valence-electron chi connectivity index (χ4n) is 4.47. The van der Waals surface area contributed by atoms with E-state index in [1.165, 1.54) is 25.1 Å². The Balaban J connectivity index is 1.61. The highest BCUT2D eigenvalue weighted by atomic mass is 19.1. The minimum Gasteiger partial charge on any atom is -0.472 e. The third kappa shape index (κ3) is 4.05. The van der Waals surface area contributed by atoms with Gasteiger partial charge in [0, 0.05) is 41.2 Å². The Kier molecular flexibility index (Phi) is 5.85. The van der Waals surface area contributed by atoms with Gasteiger partial charge in [-0.15, -0.1) is 0 Å². The van der Waals surface area contributed by atoms with Crippen LogP contribution >= 0.6 is 0 Å². The molecular weight excluding hydrogens is 483 g/mol. The van der Waals surface area contributed by atoms with Gasteiger partial charge in [-0.3, -0.25) is 9.36 Å². The maximum atomic E-state index is 16.9. The number of nitrogens with zero attached hydrogens (tertiary/aromatic N) is 4. The van der Waals surface area contributed by atoms with E-state index in [1.54, 1.807) is 47.2 Å². The number of hydrogen-bond acceptors (Lipinski definition) is 6. The van der Waals surface area contributed by atoms with E-state index in [0.29, 0.717) is 27.9 Å². The van der Waals surface area contributed by atoms with Crippen molar-refractivity contribution >= 4 is 22.9 Å². The van der Waals surface area contributed by atoms with Gasteiger partial charge >= 0.3 is 0 Å². The number of nitrogen functional groups attached to an aromatic ring is 1. The number of nitrogens with two attached hydrogens (primary N) is 1. The molecule has 0 fully saturated rings. The van der Waals surface area contributed by atoms with Crippen LogP contribution in [0.15, 0.2) is 102 Å². The van der Waals surface area contributed by atoms with Crippen molar-refractivity contribution in [1.29, 1.82) is 0 Å². The van der Waals surface area contributed by atoms with Crippen LogP contribution in [0.2, 0.25) is 0 Å². The molecule has 0 saturated carbocycles. The lowest BCUT2D eigenvalue weighted by Gasteiger charge is -2.19. The number of nitrogens with one attached hydrogen (secondary N) is 1. The number of benzene rings is 2. The highest BCUT2D eigenvalue weighted by molar-refractivity contribution is 6.04. The molecule has 0 saturated heterocycles. The van der Waals surface area contributed by atoms with Crippen molar-refractivity contribution in [3.8, 4) is 27.9 Å². The van der Waals surface area contributed by atoms with Crippen LogP contribution in [-0.4, -0.2) is 25.4 Å². The molecular formula is C29H21FN6O2. The van der Waals surface area contributed by atoms with Gasteiger partial charge in [0.05, 0.1) is 23.8 Å². The molecule has 38 heavy (non-hydrogen) atoms. The molecule has 2 aromatic carbocycles. The third-order valence-corrected chi connectivity index (χ3v) is 6.27. The van der Waals surface area contributed by atoms with Crippen LogP contribution in [0.3, 0.4) is 0 Å². The van der Waals surface area contributed by atoms with Crippen molar-refractivity contribution < 1.29 is 13.6 Å². The lowest BCUT2D eigenvalue weighted by Crippen LogP contribution is -2.24. The van der Waals surface area contributed by atoms with Crippen LogP contribution in [0.1, 0.15) is 15.9 Å². The summed E-state index contributed by atoms with van der Waals surface area (Å²) in [4.78, 5) is 26.6. The molecule has 6 rings (SSSR count). The molecule has 0 aliphatic carbocycles. The van der Waals surface area contributed by atoms with Crippen LogP contribution in [0, 0.1) is 5.82 Å². The van der Waals surface area contributed by atoms with Crippen molar-refractivity contribution in [3.63, 3.8) is 0 Å². The predicted octanol–water partition coefficient (Wildman–Crippen LogP) is 5.39. The number of fused-ring (bicyclic) bond motifs is 1. The first-order valence-corrected chi connectivity index (χ1v) is 11.8. The maximum absolute atomic E-state index is 16.9. The molecule has 1 amide bonds. The van der Waals surface area contributed by atoms with Crippen LogP contribution in [-0.2, 0) is 6.54 Å². The lowest BCUT2D eigenvalue weighted by molar-refractivity contribution is 0.0951. The normalized spacial score (nSPS) is 11.1. The molecule has 3 N–H and O–H groups in total. The highest BCUT2D eigenvalue weighted by Gasteiger charge is 2.27. The Morgan fingerprint density at radius 1 is 0.974 bits per heavy atom. The van der Waals surface area contributed by atoms with E-state index in [2.05, 4.69) is 20.3 Å². The molecule has 8 nitrogen and oxygen atoms in total. The Bertz CT molecular complexity index is 1760. The van der Waals surface area contributed by atoms with Crippen LogP contribution in [0.4, 0.5) is 10.2 Å². The first kappa shape index (κ1) is 23.1. The Labute approximate surface area is 216 Å². The SMILES string of the molecule is Nc1ncccc1-c1c(C(=O)NCc2ccccc2)cc(-c2ccoc2)c(-n2cnc3cccnc32)c1F. The zero-order valence-electron chi connectivity index (χ0n) is 20.0. The summed E-state index contributed by atoms with van der Waals surface area (Å²) >= 11 is 0. The monoisotopic (exact) mass is 504 g/mol. The largest absolute Gasteiger partial charge is 0.472 e. The number of halogens is 1. The van der Waals surface area contributed by atoms with E-state index < -0.39 is 11.7 Å². The zero-order valence-corrected chi connectivity index (χ0v) is 20.0. The van der Waals surface area contributed by atoms with Gasteiger partial charge in [-0.2, -0.15) is 0 Å². The molecule has 0 unspecified atom stereocenters. The van der Waals surface area contributed by atoms with Crippen molar-refractivity contribution in [2.45, 2.75) is 6.54 Å². The van der Waals surface area contributed by atoms with Gasteiger partial charge in [-0.25, -0.2) is 19.3 Å². The number of aromatic nitrogens is 4. The number of anilines is 1. The summed E-state index contributed by atoms with van der Waals surface area (Å²) in [6.07, 6.45) is 7.62. The summed E-state index contributed by atoms with van der Waals surface area (Å²) in [7, 11) is 0. The fourth-order valence-corrected chi connectivity index (χ4v) is 4.47. The first-order valence-electron chi connectivity index (χ1n) is 11.8. The van der Waals surface area contributed by atoms with Gasteiger partial charge in [0.2, 0.25) is 0 Å². The molecule has 0 atom stereocenters. The van der Waals surface area contributed by atoms with E-state index in [4.69, 9.17) is 10.2 Å². The predicted molar refractivity (Wildman–Crippen MR) is 142 cm³/mol. The molecule has 0 spiro atoms. The number of furan rings is 1. The average Bonchev–Trinajstić information content (AvgIpc) is 3.63. The molecule has 4 aromatic heterocycles. The standard InChI is InChI=1S/C29H21FN6O2/c30-25-24(20-8-4-11-32-27(20)31)22(29(37)34-15-18-6-2-1-3-7-18)14-21(19-10-13-38-16-19)26(25)36-17-35-23-9-5-12-33-28(23)36/h1-14,16-17H,15H2,(H2,31,32)(H,34,37). The first-order chi connectivity index (χ1) is 18.6. The molecule has 0 aliphatic rings. The second-order valence-corrected chi connectivity index (χ2v) is 8.59. The Morgan fingerprint density at radius 2 is 1.79 bits per heavy atom. The number of carbonyl (C=O) groups is 1. The number of hydrogen-bond donors (Lipinski definition) is 2. The quantitative estimate of drug-likeness (QED) is 0.314. The van der Waals surface area contributed by atoms with E-state index in [0.717, 1.165) is 5.56 Å². The molecule has 0 radical (unpaired) electrons. The van der Waals surface area contributed by atoms with E-state index in [-0.39, 0.29) is 29.2 Å². The topological polar surface area (TPSA) is 112 Å². The average molecular weight is 505 g/mol. The van der Waals surface area contributed by atoms with E-state index in [9.17, 15) is 4.79 Å². The lowest BCUT2D eigenvalue weighted by atomic mass is 9.92. The Hall–Kier alpha value is -5.31. The summed E-state index contributed by atoms with van der Waals surface area (Å²) < 4.78 is 23.8. The van der Waals surface area contributed by atoms with Crippen LogP contribution in [0.25, 0.3) is 39.1 Å². The van der Waals surface area contributed by atoms with Gasteiger partial charge in [0.25, 0.3) is 5.91 Å². The van der Waals surface area contributed by atoms with Crippen molar-refractivity contribution in [2.75, 3.05) is 5.73 Å². The minimum absolute atomic E-state index is 0.0289. The third-order valence-electron chi connectivity index (χ3n) is 6.27. The molecule has 6 aromatic rings. The smallest absolute Gasteiger partial charge is 0.252 e. The summed E-state index contributed by atoms with van der Waals surface area (Å²) in [5.41, 5.74) is 9.76. The summed E-state index contributed by atoms with van der Waals surface area (Å²) in [6, 6.07) is 19.7. The van der Waals surface area contributed by atoms with Crippen molar-refractivity contribution in [2.24, 2.45) is 0 Å². The van der Waals surface area contributed by atoms with Gasteiger partial charge < -0.3 is 15.5 Å². The molecule has 186 valence electrons. The van der Waals surface area contributed by atoms with Crippen LogP contribution < -0.4 is 11.1 Å². The molecule has 0 bridgehead atoms. The number of amides is 1. The summed E-state index contributed by atoms with van der Waals surface area (Å²) in [5.74, 6) is -1.03. The summed E-state index contributed by atoms with van der Waals surface area (Å²) in [6.45, 7) is 0.266. The summed E-state index contributed by atoms with van der Waals surface area (Å²) in [5, 5.41) is 2.91. The Morgan fingerprint density at radius 3 is 2.58 bits per heavy atom. The van der Waals surface area contributed by atoms with Crippen molar-refractivity contribution in [3.05, 3.63) is 115 Å². The number of carbonyl (C=O) groups excluding carboxylic acids is 1. The van der Waals surface area contributed by atoms with Gasteiger partial charge in [-0.05, 0) is 42.0 Å². The highest BCUT2D eigenvalue weighted by Crippen LogP contribution is 2.40. The van der Waals surface area contributed by atoms with Gasteiger partial charge in [0.1, 0.15) is 17.7 Å².